The summed E-state index contributed by atoms with van der Waals surface area (Å²) >= 11 is 0. The summed E-state index contributed by atoms with van der Waals surface area (Å²) in [6.45, 7) is 8.50. The van der Waals surface area contributed by atoms with E-state index in [2.05, 4.69) is 40.8 Å². The van der Waals surface area contributed by atoms with Gasteiger partial charge in [-0.15, -0.1) is 0 Å². The van der Waals surface area contributed by atoms with Gasteiger partial charge in [-0.05, 0) is 43.2 Å². The average Bonchev–Trinajstić information content (AvgIpc) is 3.54. The lowest BCUT2D eigenvalue weighted by molar-refractivity contribution is 0.0899. The molecule has 1 fully saturated rings. The zero-order chi connectivity index (χ0) is 23.4. The topological polar surface area (TPSA) is 102 Å². The number of hydrogen-bond acceptors (Lipinski definition) is 6. The molecule has 0 amide bonds. The molecule has 9 heteroatoms. The molecule has 0 saturated heterocycles. The number of hydrogen-bond donors (Lipinski definition) is 1. The van der Waals surface area contributed by atoms with Crippen molar-refractivity contribution in [3.63, 3.8) is 0 Å². The summed E-state index contributed by atoms with van der Waals surface area (Å²) in [5.41, 5.74) is 2.60. The maximum atomic E-state index is 9.51. The van der Waals surface area contributed by atoms with Crippen LogP contribution in [-0.4, -0.2) is 50.7 Å². The van der Waals surface area contributed by atoms with E-state index in [9.17, 15) is 10.4 Å². The van der Waals surface area contributed by atoms with Crippen molar-refractivity contribution in [2.24, 2.45) is 11.8 Å². The second-order valence-corrected chi connectivity index (χ2v) is 16.0. The largest absolute Gasteiger partial charge is 0.396 e. The third kappa shape index (κ3) is 5.51. The molecule has 8 nitrogen and oxygen atoms in total. The molecular weight excluding hydrogens is 432 g/mol. The summed E-state index contributed by atoms with van der Waals surface area (Å²) in [7, 11) is -1.12. The maximum Gasteiger partial charge on any atom is 0.145 e. The molecule has 3 aromatic heterocycles. The fourth-order valence-corrected chi connectivity index (χ4v) is 5.48. The summed E-state index contributed by atoms with van der Waals surface area (Å²) in [6, 6.07) is 5.51. The Kier molecular flexibility index (Phi) is 7.27. The van der Waals surface area contributed by atoms with Crippen LogP contribution in [0.25, 0.3) is 22.3 Å². The summed E-state index contributed by atoms with van der Waals surface area (Å²) in [4.78, 5) is 9.04. The van der Waals surface area contributed by atoms with Crippen LogP contribution >= 0.6 is 0 Å². The summed E-state index contributed by atoms with van der Waals surface area (Å²) in [5, 5.41) is 24.5. The molecule has 0 bridgehead atoms. The first kappa shape index (κ1) is 23.6. The Hall–Kier alpha value is -2.54. The third-order valence-electron chi connectivity index (χ3n) is 6.68. The van der Waals surface area contributed by atoms with Crippen molar-refractivity contribution in [2.75, 3.05) is 13.2 Å². The second kappa shape index (κ2) is 10.2. The maximum absolute atomic E-state index is 9.51. The Bertz CT molecular complexity index is 1110. The molecule has 3 unspecified atom stereocenters. The van der Waals surface area contributed by atoms with Crippen LogP contribution in [0.5, 0.6) is 0 Å². The molecule has 3 aromatic rings. The first-order chi connectivity index (χ1) is 15.9. The lowest BCUT2D eigenvalue weighted by atomic mass is 9.94. The van der Waals surface area contributed by atoms with Gasteiger partial charge < -0.3 is 14.4 Å². The number of aromatic nitrogens is 5. The Balaban J connectivity index is 1.53. The third-order valence-corrected chi connectivity index (χ3v) is 8.39. The second-order valence-electron chi connectivity index (χ2n) is 10.4. The number of ether oxygens (including phenoxy) is 1. The number of rotatable bonds is 10. The normalized spacial score (nSPS) is 19.7. The van der Waals surface area contributed by atoms with Crippen LogP contribution in [0.4, 0.5) is 0 Å². The Morgan fingerprint density at radius 3 is 2.88 bits per heavy atom. The van der Waals surface area contributed by atoms with E-state index >= 15 is 0 Å². The highest BCUT2D eigenvalue weighted by atomic mass is 28.3. The van der Waals surface area contributed by atoms with Gasteiger partial charge in [-0.3, -0.25) is 4.68 Å². The van der Waals surface area contributed by atoms with Crippen LogP contribution in [0.3, 0.4) is 0 Å². The molecule has 3 heterocycles. The van der Waals surface area contributed by atoms with Crippen molar-refractivity contribution >= 4 is 19.1 Å². The van der Waals surface area contributed by atoms with E-state index in [-0.39, 0.29) is 12.6 Å². The van der Waals surface area contributed by atoms with E-state index in [4.69, 9.17) is 4.74 Å². The van der Waals surface area contributed by atoms with E-state index in [0.717, 1.165) is 54.2 Å². The molecule has 0 radical (unpaired) electrons. The quantitative estimate of drug-likeness (QED) is 0.349. The molecule has 176 valence electrons. The van der Waals surface area contributed by atoms with Gasteiger partial charge in [-0.25, -0.2) is 9.97 Å². The number of fused-ring (bicyclic) bond motifs is 1. The lowest BCUT2D eigenvalue weighted by Crippen LogP contribution is -2.22. The van der Waals surface area contributed by atoms with Crippen LogP contribution in [0.15, 0.2) is 31.0 Å². The van der Waals surface area contributed by atoms with Crippen LogP contribution in [0.2, 0.25) is 25.7 Å². The number of nitriles is 1. The van der Waals surface area contributed by atoms with Crippen LogP contribution in [-0.2, 0) is 11.5 Å². The van der Waals surface area contributed by atoms with E-state index < -0.39 is 8.07 Å². The first-order valence-electron chi connectivity index (χ1n) is 11.8. The van der Waals surface area contributed by atoms with E-state index in [1.165, 1.54) is 0 Å². The molecule has 1 saturated carbocycles. The average molecular weight is 467 g/mol. The molecule has 4 rings (SSSR count). The predicted octanol–water partition coefficient (Wildman–Crippen LogP) is 4.47. The van der Waals surface area contributed by atoms with Gasteiger partial charge in [-0.2, -0.15) is 10.4 Å². The number of aliphatic hydroxyl groups excluding tert-OH is 1. The van der Waals surface area contributed by atoms with Crippen molar-refractivity contribution in [1.29, 1.82) is 5.26 Å². The summed E-state index contributed by atoms with van der Waals surface area (Å²) < 4.78 is 9.86. The molecular formula is C24H34N6O2Si. The zero-order valence-electron chi connectivity index (χ0n) is 19.8. The van der Waals surface area contributed by atoms with Crippen molar-refractivity contribution < 1.29 is 9.84 Å². The Labute approximate surface area is 196 Å². The minimum absolute atomic E-state index is 0.0157. The Morgan fingerprint density at radius 2 is 2.15 bits per heavy atom. The molecule has 0 aliphatic heterocycles. The molecule has 1 aliphatic carbocycles. The highest BCUT2D eigenvalue weighted by Gasteiger charge is 2.32. The van der Waals surface area contributed by atoms with Gasteiger partial charge in [0.05, 0.1) is 30.4 Å². The highest BCUT2D eigenvalue weighted by Crippen LogP contribution is 2.39. The van der Waals surface area contributed by atoms with Crippen molar-refractivity contribution in [3.05, 3.63) is 31.0 Å². The molecule has 0 aromatic carbocycles. The van der Waals surface area contributed by atoms with Crippen molar-refractivity contribution in [3.8, 4) is 17.3 Å². The minimum atomic E-state index is -1.12. The van der Waals surface area contributed by atoms with Crippen LogP contribution in [0.1, 0.15) is 31.7 Å². The van der Waals surface area contributed by atoms with Gasteiger partial charge in [0.2, 0.25) is 0 Å². The molecule has 0 spiro atoms. The van der Waals surface area contributed by atoms with Gasteiger partial charge in [0.25, 0.3) is 0 Å². The smallest absolute Gasteiger partial charge is 0.145 e. The summed E-state index contributed by atoms with van der Waals surface area (Å²) in [5.74, 6) is 0.690. The number of nitrogens with zero attached hydrogens (tertiary/aromatic N) is 6. The van der Waals surface area contributed by atoms with Crippen molar-refractivity contribution in [1.82, 2.24) is 24.3 Å². The monoisotopic (exact) mass is 466 g/mol. The van der Waals surface area contributed by atoms with Gasteiger partial charge in [0, 0.05) is 44.6 Å². The van der Waals surface area contributed by atoms with E-state index in [1.807, 2.05) is 33.9 Å². The Morgan fingerprint density at radius 1 is 1.30 bits per heavy atom. The summed E-state index contributed by atoms with van der Waals surface area (Å²) in [6.07, 6.45) is 10.8. The van der Waals surface area contributed by atoms with Crippen LogP contribution in [0, 0.1) is 23.2 Å². The van der Waals surface area contributed by atoms with E-state index in [1.54, 1.807) is 6.33 Å². The lowest BCUT2D eigenvalue weighted by Gasteiger charge is -2.21. The molecule has 1 N–H and O–H groups in total. The van der Waals surface area contributed by atoms with Crippen molar-refractivity contribution in [2.45, 2.75) is 64.1 Å². The van der Waals surface area contributed by atoms with Gasteiger partial charge in [-0.1, -0.05) is 19.6 Å². The van der Waals surface area contributed by atoms with E-state index in [0.29, 0.717) is 25.0 Å². The van der Waals surface area contributed by atoms with Crippen LogP contribution < -0.4 is 0 Å². The number of aliphatic hydroxyl groups is 1. The SMILES string of the molecule is C[Si](C)(C)CCOCn1ccc2c(-c3cnn(C(CC#N)C4CCC(CO)C4)c3)ncnc21. The van der Waals surface area contributed by atoms with Gasteiger partial charge in [0.1, 0.15) is 18.7 Å². The fraction of sp³-hybridized carbons (Fsp3) is 0.583. The molecule has 1 aliphatic rings. The first-order valence-corrected chi connectivity index (χ1v) is 15.5. The molecule has 33 heavy (non-hydrogen) atoms. The zero-order valence-corrected chi connectivity index (χ0v) is 20.8. The predicted molar refractivity (Wildman–Crippen MR) is 130 cm³/mol. The fourth-order valence-electron chi connectivity index (χ4n) is 4.72. The van der Waals surface area contributed by atoms with Gasteiger partial charge >= 0.3 is 0 Å². The van der Waals surface area contributed by atoms with Gasteiger partial charge in [0.15, 0.2) is 0 Å². The standard InChI is InChI=1S/C24H34N6O2Si/c1-33(2,3)11-10-32-17-29-9-7-21-23(26-16-27-24(21)29)20-13-28-30(14-20)22(6-8-25)19-5-4-18(12-19)15-31/h7,9,13-14,16,18-19,22,31H,4-6,10-12,15,17H2,1-3H3. The highest BCUT2D eigenvalue weighted by molar-refractivity contribution is 6.76. The minimum Gasteiger partial charge on any atom is -0.396 e. The molecule has 3 atom stereocenters.